The molecule has 126 valence electrons. The summed E-state index contributed by atoms with van der Waals surface area (Å²) in [5, 5.41) is 2.72. The molecular weight excluding hydrogens is 300 g/mol. The van der Waals surface area contributed by atoms with E-state index in [-0.39, 0.29) is 6.04 Å². The van der Waals surface area contributed by atoms with Crippen molar-refractivity contribution in [3.05, 3.63) is 66.2 Å². The first kappa shape index (κ1) is 17.8. The van der Waals surface area contributed by atoms with Crippen LogP contribution in [0.15, 0.2) is 60.7 Å². The summed E-state index contributed by atoms with van der Waals surface area (Å²) in [6.45, 7) is 4.17. The predicted molar refractivity (Wildman–Crippen MR) is 99.1 cm³/mol. The van der Waals surface area contributed by atoms with Crippen LogP contribution in [0.5, 0.6) is 5.75 Å². The number of allylic oxidation sites excluding steroid dienone is 1. The molecule has 3 N–H and O–H groups in total. The van der Waals surface area contributed by atoms with Crippen LogP contribution in [0.3, 0.4) is 0 Å². The number of carbonyl (C=O) groups is 1. The number of anilines is 1. The van der Waals surface area contributed by atoms with Gasteiger partial charge in [-0.25, -0.2) is 4.79 Å². The molecule has 1 atom stereocenters. The summed E-state index contributed by atoms with van der Waals surface area (Å²) >= 11 is 0. The molecule has 0 radical (unpaired) electrons. The van der Waals surface area contributed by atoms with E-state index in [1.54, 1.807) is 12.1 Å². The number of hydrogen-bond acceptors (Lipinski definition) is 3. The highest BCUT2D eigenvalue weighted by atomic mass is 16.6. The fraction of sp³-hybridized carbons (Fsp3) is 0.250. The van der Waals surface area contributed by atoms with E-state index in [2.05, 4.69) is 25.2 Å². The Morgan fingerprint density at radius 2 is 1.79 bits per heavy atom. The van der Waals surface area contributed by atoms with Crippen LogP contribution in [0.2, 0.25) is 0 Å². The van der Waals surface area contributed by atoms with E-state index in [1.165, 1.54) is 0 Å². The first-order valence-electron chi connectivity index (χ1n) is 8.24. The number of nitrogens with one attached hydrogen (secondary N) is 1. The smallest absolute Gasteiger partial charge is 0.410 e. The van der Waals surface area contributed by atoms with Crippen LogP contribution in [-0.4, -0.2) is 12.1 Å². The molecule has 4 heteroatoms. The average molecular weight is 324 g/mol. The Morgan fingerprint density at radius 3 is 2.38 bits per heavy atom. The van der Waals surface area contributed by atoms with E-state index >= 15 is 0 Å². The van der Waals surface area contributed by atoms with Crippen molar-refractivity contribution in [1.82, 2.24) is 0 Å². The number of rotatable bonds is 6. The molecule has 1 amide bonds. The third-order valence-corrected chi connectivity index (χ3v) is 3.68. The summed E-state index contributed by atoms with van der Waals surface area (Å²) in [7, 11) is 0. The molecule has 0 spiro atoms. The number of hydrogen-bond donors (Lipinski definition) is 2. The van der Waals surface area contributed by atoms with Gasteiger partial charge in [-0.05, 0) is 48.2 Å². The van der Waals surface area contributed by atoms with Gasteiger partial charge in [0.1, 0.15) is 5.75 Å². The predicted octanol–water partition coefficient (Wildman–Crippen LogP) is 4.83. The minimum absolute atomic E-state index is 0.0202. The zero-order chi connectivity index (χ0) is 17.4. The first-order valence-corrected chi connectivity index (χ1v) is 8.24. The van der Waals surface area contributed by atoms with E-state index in [0.29, 0.717) is 11.4 Å². The average Bonchev–Trinajstić information content (AvgIpc) is 2.60. The lowest BCUT2D eigenvalue weighted by Gasteiger charge is -2.15. The Kier molecular flexibility index (Phi) is 6.58. The van der Waals surface area contributed by atoms with E-state index in [1.807, 2.05) is 42.5 Å². The lowest BCUT2D eigenvalue weighted by Crippen LogP contribution is -2.20. The van der Waals surface area contributed by atoms with Crippen molar-refractivity contribution in [1.29, 1.82) is 0 Å². The summed E-state index contributed by atoms with van der Waals surface area (Å²) in [6, 6.07) is 16.6. The van der Waals surface area contributed by atoms with Gasteiger partial charge in [0.05, 0.1) is 0 Å². The van der Waals surface area contributed by atoms with Gasteiger partial charge >= 0.3 is 6.09 Å². The summed E-state index contributed by atoms with van der Waals surface area (Å²) in [5.74, 6) is 0.508. The molecule has 0 aliphatic rings. The highest BCUT2D eigenvalue weighted by Gasteiger charge is 2.10. The van der Waals surface area contributed by atoms with E-state index in [4.69, 9.17) is 10.5 Å². The normalized spacial score (nSPS) is 12.5. The minimum atomic E-state index is -0.511. The maximum Gasteiger partial charge on any atom is 0.417 e. The summed E-state index contributed by atoms with van der Waals surface area (Å²) < 4.78 is 5.21. The molecule has 0 aliphatic carbocycles. The second-order valence-electron chi connectivity index (χ2n) is 5.49. The fourth-order valence-corrected chi connectivity index (χ4v) is 2.41. The molecule has 2 aromatic rings. The Balaban J connectivity index is 2.03. The first-order chi connectivity index (χ1) is 11.6. The van der Waals surface area contributed by atoms with Gasteiger partial charge in [-0.3, -0.25) is 5.32 Å². The van der Waals surface area contributed by atoms with Gasteiger partial charge in [-0.2, -0.15) is 0 Å². The zero-order valence-electron chi connectivity index (χ0n) is 14.2. The van der Waals surface area contributed by atoms with Crippen molar-refractivity contribution in [2.75, 3.05) is 5.32 Å². The largest absolute Gasteiger partial charge is 0.417 e. The van der Waals surface area contributed by atoms with Crippen molar-refractivity contribution in [3.63, 3.8) is 0 Å². The molecule has 2 rings (SSSR count). The number of ether oxygens (including phenoxy) is 1. The van der Waals surface area contributed by atoms with Crippen molar-refractivity contribution >= 4 is 17.4 Å². The molecule has 0 fully saturated rings. The van der Waals surface area contributed by atoms with Crippen molar-refractivity contribution in [2.24, 2.45) is 5.73 Å². The number of benzene rings is 2. The van der Waals surface area contributed by atoms with Crippen LogP contribution in [-0.2, 0) is 0 Å². The standard InChI is InChI=1S/C20H24N2O2/c1-3-8-18(19(21)4-2)15-11-13-16(14-12-15)22-20(23)24-17-9-6-5-7-10-17/h5-14,19H,3-4,21H2,1-2H3,(H,22,23)/b18-8-. The van der Waals surface area contributed by atoms with Crippen LogP contribution in [0.25, 0.3) is 5.57 Å². The van der Waals surface area contributed by atoms with Crippen LogP contribution in [0, 0.1) is 0 Å². The van der Waals surface area contributed by atoms with E-state index < -0.39 is 6.09 Å². The van der Waals surface area contributed by atoms with Gasteiger partial charge in [0.25, 0.3) is 0 Å². The number of amides is 1. The maximum absolute atomic E-state index is 11.9. The molecule has 0 saturated heterocycles. The highest BCUT2D eigenvalue weighted by molar-refractivity contribution is 5.86. The number of carbonyl (C=O) groups excluding carboxylic acids is 1. The maximum atomic E-state index is 11.9. The molecule has 0 saturated carbocycles. The molecule has 0 heterocycles. The Labute approximate surface area is 143 Å². The van der Waals surface area contributed by atoms with Gasteiger partial charge in [-0.15, -0.1) is 0 Å². The van der Waals surface area contributed by atoms with Gasteiger partial charge < -0.3 is 10.5 Å². The van der Waals surface area contributed by atoms with Crippen molar-refractivity contribution in [2.45, 2.75) is 32.7 Å². The lowest BCUT2D eigenvalue weighted by atomic mass is 9.96. The number of para-hydroxylation sites is 1. The van der Waals surface area contributed by atoms with Gasteiger partial charge in [0.15, 0.2) is 0 Å². The molecule has 24 heavy (non-hydrogen) atoms. The van der Waals surface area contributed by atoms with Crippen LogP contribution < -0.4 is 15.8 Å². The monoisotopic (exact) mass is 324 g/mol. The Hall–Kier alpha value is -2.59. The van der Waals surface area contributed by atoms with Gasteiger partial charge in [0.2, 0.25) is 0 Å². The Bertz CT molecular complexity index is 679. The molecule has 0 bridgehead atoms. The second kappa shape index (κ2) is 8.89. The molecule has 4 nitrogen and oxygen atoms in total. The van der Waals surface area contributed by atoms with Crippen LogP contribution in [0.1, 0.15) is 32.3 Å². The molecule has 0 aliphatic heterocycles. The van der Waals surface area contributed by atoms with Gasteiger partial charge in [0, 0.05) is 11.7 Å². The number of nitrogens with two attached hydrogens (primary N) is 1. The van der Waals surface area contributed by atoms with Crippen LogP contribution >= 0.6 is 0 Å². The summed E-state index contributed by atoms with van der Waals surface area (Å²) in [6.07, 6.45) is 3.46. The van der Waals surface area contributed by atoms with Crippen molar-refractivity contribution < 1.29 is 9.53 Å². The van der Waals surface area contributed by atoms with Crippen LogP contribution in [0.4, 0.5) is 10.5 Å². The SMILES string of the molecule is CC/C=C(/c1ccc(NC(=O)Oc2ccccc2)cc1)C(N)CC. The van der Waals surface area contributed by atoms with Gasteiger partial charge in [-0.1, -0.05) is 50.3 Å². The third kappa shape index (κ3) is 4.96. The van der Waals surface area contributed by atoms with E-state index in [9.17, 15) is 4.79 Å². The molecule has 1 unspecified atom stereocenters. The second-order valence-corrected chi connectivity index (χ2v) is 5.49. The molecular formula is C20H24N2O2. The quantitative estimate of drug-likeness (QED) is 0.800. The molecule has 0 aromatic heterocycles. The lowest BCUT2D eigenvalue weighted by molar-refractivity contribution is 0.215. The summed E-state index contributed by atoms with van der Waals surface area (Å²) in [4.78, 5) is 11.9. The minimum Gasteiger partial charge on any atom is -0.410 e. The van der Waals surface area contributed by atoms with Crippen molar-refractivity contribution in [3.8, 4) is 5.75 Å². The third-order valence-electron chi connectivity index (χ3n) is 3.68. The Morgan fingerprint density at radius 1 is 1.12 bits per heavy atom. The topological polar surface area (TPSA) is 64.3 Å². The van der Waals surface area contributed by atoms with E-state index in [0.717, 1.165) is 24.0 Å². The summed E-state index contributed by atoms with van der Waals surface area (Å²) in [5.41, 5.74) is 9.08. The molecule has 2 aromatic carbocycles. The highest BCUT2D eigenvalue weighted by Crippen LogP contribution is 2.22. The fourth-order valence-electron chi connectivity index (χ4n) is 2.41. The zero-order valence-corrected chi connectivity index (χ0v) is 14.2.